The number of carbonyl (C=O) groups is 1. The van der Waals surface area contributed by atoms with Crippen LogP contribution < -0.4 is 4.90 Å². The van der Waals surface area contributed by atoms with Gasteiger partial charge < -0.3 is 19.2 Å². The van der Waals surface area contributed by atoms with Crippen LogP contribution in [0, 0.1) is 0 Å². The van der Waals surface area contributed by atoms with Crippen molar-refractivity contribution in [3.8, 4) is 0 Å². The normalized spacial score (nSPS) is 10.1. The van der Waals surface area contributed by atoms with Crippen LogP contribution in [0.1, 0.15) is 10.5 Å². The van der Waals surface area contributed by atoms with Crippen LogP contribution >= 0.6 is 0 Å². The molecule has 78 valence electrons. The van der Waals surface area contributed by atoms with E-state index < -0.39 is 5.97 Å². The van der Waals surface area contributed by atoms with Gasteiger partial charge in [-0.15, -0.1) is 0 Å². The van der Waals surface area contributed by atoms with Crippen molar-refractivity contribution < 1.29 is 19.1 Å². The first-order chi connectivity index (χ1) is 6.65. The van der Waals surface area contributed by atoms with Gasteiger partial charge in [0.1, 0.15) is 6.26 Å². The number of likely N-dealkylation sites (N-methyl/N-ethyl adjacent to an activating group) is 1. The average molecular weight is 200 g/mol. The molecule has 0 aliphatic heterocycles. The highest BCUT2D eigenvalue weighted by Crippen LogP contribution is 2.11. The van der Waals surface area contributed by atoms with E-state index in [2.05, 4.69) is 4.98 Å². The summed E-state index contributed by atoms with van der Waals surface area (Å²) < 4.78 is 9.82. The molecule has 0 bridgehead atoms. The number of carboxylic acid groups (broad SMARTS) is 1. The summed E-state index contributed by atoms with van der Waals surface area (Å²) in [6.07, 6.45) is 1.11. The Labute approximate surface area is 81.1 Å². The number of oxazole rings is 1. The van der Waals surface area contributed by atoms with Gasteiger partial charge in [0.15, 0.2) is 5.69 Å². The van der Waals surface area contributed by atoms with Gasteiger partial charge >= 0.3 is 5.97 Å². The Bertz CT molecular complexity index is 310. The highest BCUT2D eigenvalue weighted by Gasteiger charge is 2.12. The Morgan fingerprint density at radius 1 is 1.79 bits per heavy atom. The largest absolute Gasteiger partial charge is 0.476 e. The third-order valence-electron chi connectivity index (χ3n) is 1.67. The smallest absolute Gasteiger partial charge is 0.357 e. The fraction of sp³-hybridized carbons (Fsp3) is 0.500. The summed E-state index contributed by atoms with van der Waals surface area (Å²) in [4.78, 5) is 15.9. The van der Waals surface area contributed by atoms with E-state index in [4.69, 9.17) is 14.3 Å². The minimum atomic E-state index is -1.10. The van der Waals surface area contributed by atoms with Gasteiger partial charge in [-0.25, -0.2) is 4.79 Å². The van der Waals surface area contributed by atoms with Crippen molar-refractivity contribution in [2.75, 3.05) is 32.2 Å². The van der Waals surface area contributed by atoms with E-state index in [1.54, 1.807) is 19.1 Å². The van der Waals surface area contributed by atoms with Gasteiger partial charge in [-0.05, 0) is 0 Å². The number of nitrogens with zero attached hydrogens (tertiary/aromatic N) is 2. The Morgan fingerprint density at radius 3 is 3.00 bits per heavy atom. The molecule has 0 atom stereocenters. The van der Waals surface area contributed by atoms with E-state index in [1.807, 2.05) is 0 Å². The Hall–Kier alpha value is -1.56. The fourth-order valence-electron chi connectivity index (χ4n) is 0.862. The van der Waals surface area contributed by atoms with E-state index in [-0.39, 0.29) is 11.7 Å². The molecule has 0 aliphatic carbocycles. The maximum atomic E-state index is 10.5. The molecule has 1 aromatic rings. The molecule has 0 fully saturated rings. The molecule has 1 rings (SSSR count). The van der Waals surface area contributed by atoms with Crippen molar-refractivity contribution in [1.82, 2.24) is 4.98 Å². The fourth-order valence-corrected chi connectivity index (χ4v) is 0.862. The molecule has 0 amide bonds. The topological polar surface area (TPSA) is 75.8 Å². The van der Waals surface area contributed by atoms with Gasteiger partial charge in [0.2, 0.25) is 0 Å². The molecule has 0 aliphatic rings. The number of ether oxygens (including phenoxy) is 1. The van der Waals surface area contributed by atoms with Crippen molar-refractivity contribution in [1.29, 1.82) is 0 Å². The maximum absolute atomic E-state index is 10.5. The molecule has 0 spiro atoms. The first-order valence-electron chi connectivity index (χ1n) is 4.04. The third kappa shape index (κ3) is 2.46. The summed E-state index contributed by atoms with van der Waals surface area (Å²) in [7, 11) is 3.34. The molecule has 14 heavy (non-hydrogen) atoms. The molecule has 1 N–H and O–H groups in total. The lowest BCUT2D eigenvalue weighted by Crippen LogP contribution is -2.22. The van der Waals surface area contributed by atoms with Crippen LogP contribution in [-0.4, -0.2) is 43.4 Å². The van der Waals surface area contributed by atoms with Crippen LogP contribution in [0.25, 0.3) is 0 Å². The van der Waals surface area contributed by atoms with E-state index in [0.717, 1.165) is 6.26 Å². The Morgan fingerprint density at radius 2 is 2.50 bits per heavy atom. The van der Waals surface area contributed by atoms with Gasteiger partial charge in [-0.3, -0.25) is 0 Å². The minimum absolute atomic E-state index is 0.0933. The standard InChI is InChI=1S/C8H12N2O4/c1-10(3-4-13-2)8-9-6(5-14-8)7(11)12/h5H,3-4H2,1-2H3,(H,11,12). The van der Waals surface area contributed by atoms with E-state index in [1.165, 1.54) is 0 Å². The highest BCUT2D eigenvalue weighted by molar-refractivity contribution is 5.85. The van der Waals surface area contributed by atoms with Gasteiger partial charge in [0.25, 0.3) is 6.01 Å². The number of carboxylic acids is 1. The summed E-state index contributed by atoms with van der Waals surface area (Å²) in [5.41, 5.74) is -0.0933. The number of aromatic nitrogens is 1. The van der Waals surface area contributed by atoms with Crippen molar-refractivity contribution >= 4 is 12.0 Å². The monoisotopic (exact) mass is 200 g/mol. The number of anilines is 1. The molecule has 0 aromatic carbocycles. The molecule has 1 heterocycles. The molecule has 0 saturated heterocycles. The van der Waals surface area contributed by atoms with Crippen molar-refractivity contribution in [3.63, 3.8) is 0 Å². The predicted octanol–water partition coefficient (Wildman–Crippen LogP) is 0.455. The molecule has 0 unspecified atom stereocenters. The summed E-state index contributed by atoms with van der Waals surface area (Å²) in [6.45, 7) is 1.12. The second kappa shape index (κ2) is 4.61. The minimum Gasteiger partial charge on any atom is -0.476 e. The van der Waals surface area contributed by atoms with Crippen LogP contribution in [0.4, 0.5) is 6.01 Å². The predicted molar refractivity (Wildman–Crippen MR) is 48.6 cm³/mol. The van der Waals surface area contributed by atoms with E-state index in [0.29, 0.717) is 13.2 Å². The second-order valence-corrected chi connectivity index (χ2v) is 2.73. The zero-order chi connectivity index (χ0) is 10.6. The van der Waals surface area contributed by atoms with Crippen LogP contribution in [-0.2, 0) is 4.74 Å². The number of rotatable bonds is 5. The van der Waals surface area contributed by atoms with Gasteiger partial charge in [0.05, 0.1) is 6.61 Å². The molecule has 0 saturated carbocycles. The van der Waals surface area contributed by atoms with Crippen molar-refractivity contribution in [3.05, 3.63) is 12.0 Å². The second-order valence-electron chi connectivity index (χ2n) is 2.73. The third-order valence-corrected chi connectivity index (χ3v) is 1.67. The SMILES string of the molecule is COCCN(C)c1nc(C(=O)O)co1. The number of methoxy groups -OCH3 is 1. The van der Waals surface area contributed by atoms with Gasteiger partial charge in [0, 0.05) is 20.7 Å². The number of hydrogen-bond acceptors (Lipinski definition) is 5. The van der Waals surface area contributed by atoms with Crippen LogP contribution in [0.2, 0.25) is 0 Å². The lowest BCUT2D eigenvalue weighted by atomic mass is 10.5. The number of aromatic carboxylic acids is 1. The average Bonchev–Trinajstić information content (AvgIpc) is 2.62. The summed E-state index contributed by atoms with van der Waals surface area (Å²) in [6, 6.07) is 0.277. The van der Waals surface area contributed by atoms with Crippen LogP contribution in [0.3, 0.4) is 0 Å². The van der Waals surface area contributed by atoms with Crippen LogP contribution in [0.5, 0.6) is 0 Å². The maximum Gasteiger partial charge on any atom is 0.357 e. The van der Waals surface area contributed by atoms with E-state index in [9.17, 15) is 4.79 Å². The van der Waals surface area contributed by atoms with Gasteiger partial charge in [-0.2, -0.15) is 4.98 Å². The Kier molecular flexibility index (Phi) is 3.47. The zero-order valence-corrected chi connectivity index (χ0v) is 8.06. The lowest BCUT2D eigenvalue weighted by molar-refractivity contribution is 0.0690. The zero-order valence-electron chi connectivity index (χ0n) is 8.06. The molecular weight excluding hydrogens is 188 g/mol. The first-order valence-corrected chi connectivity index (χ1v) is 4.04. The molecule has 1 aromatic heterocycles. The van der Waals surface area contributed by atoms with Crippen LogP contribution in [0.15, 0.2) is 10.7 Å². The summed E-state index contributed by atoms with van der Waals surface area (Å²) >= 11 is 0. The van der Waals surface area contributed by atoms with Crippen molar-refractivity contribution in [2.24, 2.45) is 0 Å². The molecule has 6 nitrogen and oxygen atoms in total. The van der Waals surface area contributed by atoms with Crippen molar-refractivity contribution in [2.45, 2.75) is 0 Å². The molecule has 6 heteroatoms. The molecule has 0 radical (unpaired) electrons. The highest BCUT2D eigenvalue weighted by atomic mass is 16.5. The lowest BCUT2D eigenvalue weighted by Gasteiger charge is -2.12. The summed E-state index contributed by atoms with van der Waals surface area (Å²) in [5, 5.41) is 8.59. The quantitative estimate of drug-likeness (QED) is 0.743. The first kappa shape index (κ1) is 10.5. The van der Waals surface area contributed by atoms with Gasteiger partial charge in [-0.1, -0.05) is 0 Å². The molecular formula is C8H12N2O4. The van der Waals surface area contributed by atoms with E-state index >= 15 is 0 Å². The number of hydrogen-bond donors (Lipinski definition) is 1. The summed E-state index contributed by atoms with van der Waals surface area (Å²) in [5.74, 6) is -1.10. The Balaban J connectivity index is 2.61.